The lowest BCUT2D eigenvalue weighted by Crippen LogP contribution is -2.45. The first-order valence-corrected chi connectivity index (χ1v) is 9.08. The summed E-state index contributed by atoms with van der Waals surface area (Å²) in [4.78, 5) is 5.43. The molecule has 1 saturated heterocycles. The number of hydrogen-bond acceptors (Lipinski definition) is 4. The topological polar surface area (TPSA) is 58.1 Å². The average molecular weight is 424 g/mol. The van der Waals surface area contributed by atoms with Crippen molar-refractivity contribution >= 4 is 5.96 Å². The van der Waals surface area contributed by atoms with Crippen LogP contribution in [0.25, 0.3) is 0 Å². The van der Waals surface area contributed by atoms with E-state index in [4.69, 9.17) is 4.74 Å². The number of hydrogen-bond donors (Lipinski definition) is 2. The number of nitrogens with zero attached hydrogens (tertiary/aromatic N) is 2. The Kier molecular flexibility index (Phi) is 8.30. The van der Waals surface area contributed by atoms with Crippen molar-refractivity contribution in [2.45, 2.75) is 31.7 Å². The van der Waals surface area contributed by atoms with Gasteiger partial charge in [0.15, 0.2) is 17.5 Å². The van der Waals surface area contributed by atoms with Crippen LogP contribution >= 0.6 is 0 Å². The van der Waals surface area contributed by atoms with Crippen molar-refractivity contribution in [3.63, 3.8) is 0 Å². The number of benzene rings is 1. The largest absolute Gasteiger partial charge is 0.493 e. The first-order chi connectivity index (χ1) is 13.7. The van der Waals surface area contributed by atoms with Crippen molar-refractivity contribution in [1.29, 1.82) is 0 Å². The van der Waals surface area contributed by atoms with Gasteiger partial charge in [0.2, 0.25) is 0 Å². The van der Waals surface area contributed by atoms with Gasteiger partial charge in [-0.15, -0.1) is 0 Å². The Morgan fingerprint density at radius 2 is 2.07 bits per heavy atom. The Balaban J connectivity index is 1.81. The van der Waals surface area contributed by atoms with Gasteiger partial charge in [-0.3, -0.25) is 9.89 Å². The molecule has 1 aromatic rings. The van der Waals surface area contributed by atoms with Crippen molar-refractivity contribution in [2.75, 3.05) is 40.3 Å². The monoisotopic (exact) mass is 424 g/mol. The molecule has 164 valence electrons. The van der Waals surface area contributed by atoms with E-state index in [1.165, 1.54) is 18.1 Å². The minimum Gasteiger partial charge on any atom is -0.493 e. The van der Waals surface area contributed by atoms with Crippen LogP contribution in [0.4, 0.5) is 22.0 Å². The highest BCUT2D eigenvalue weighted by Gasteiger charge is 2.34. The van der Waals surface area contributed by atoms with E-state index < -0.39 is 19.3 Å². The lowest BCUT2D eigenvalue weighted by molar-refractivity contribution is -0.143. The molecule has 11 heteroatoms. The van der Waals surface area contributed by atoms with Crippen LogP contribution in [0.5, 0.6) is 11.5 Å². The molecule has 1 aromatic carbocycles. The normalized spacial score (nSPS) is 18.2. The molecule has 1 aliphatic rings. The van der Waals surface area contributed by atoms with Crippen LogP contribution in [0, 0.1) is 0 Å². The molecule has 1 aliphatic heterocycles. The molecule has 1 heterocycles. The van der Waals surface area contributed by atoms with Gasteiger partial charge in [0, 0.05) is 32.7 Å². The summed E-state index contributed by atoms with van der Waals surface area (Å²) in [7, 11) is 2.93. The van der Waals surface area contributed by atoms with Crippen LogP contribution in [-0.4, -0.2) is 70.0 Å². The van der Waals surface area contributed by atoms with Crippen molar-refractivity contribution in [1.82, 2.24) is 15.5 Å². The van der Waals surface area contributed by atoms with Gasteiger partial charge in [0.05, 0.1) is 13.7 Å². The molecule has 0 aromatic heterocycles. The zero-order valence-corrected chi connectivity index (χ0v) is 16.2. The second kappa shape index (κ2) is 10.5. The van der Waals surface area contributed by atoms with Crippen LogP contribution in [-0.2, 0) is 6.42 Å². The van der Waals surface area contributed by atoms with Crippen LogP contribution in [0.2, 0.25) is 0 Å². The Morgan fingerprint density at radius 1 is 1.31 bits per heavy atom. The molecular formula is C18H25F5N4O2. The number of aliphatic imine (C=N–C) groups is 1. The van der Waals surface area contributed by atoms with Crippen molar-refractivity contribution in [2.24, 2.45) is 4.99 Å². The molecule has 1 atom stereocenters. The highest BCUT2D eigenvalue weighted by Crippen LogP contribution is 2.29. The zero-order chi connectivity index (χ0) is 21.4. The fraction of sp³-hybridized carbons (Fsp3) is 0.611. The second-order valence-corrected chi connectivity index (χ2v) is 6.59. The van der Waals surface area contributed by atoms with Crippen LogP contribution in [0.1, 0.15) is 12.0 Å². The number of likely N-dealkylation sites (tertiary alicyclic amines) is 1. The lowest BCUT2D eigenvalue weighted by Gasteiger charge is -2.20. The van der Waals surface area contributed by atoms with Gasteiger partial charge in [0.25, 0.3) is 0 Å². The third kappa shape index (κ3) is 7.92. The lowest BCUT2D eigenvalue weighted by atomic mass is 10.1. The van der Waals surface area contributed by atoms with Gasteiger partial charge in [0.1, 0.15) is 0 Å². The maximum Gasteiger partial charge on any atom is 0.401 e. The van der Waals surface area contributed by atoms with E-state index in [9.17, 15) is 22.0 Å². The van der Waals surface area contributed by atoms with Gasteiger partial charge in [-0.1, -0.05) is 6.07 Å². The first-order valence-electron chi connectivity index (χ1n) is 9.08. The fourth-order valence-electron chi connectivity index (χ4n) is 3.13. The maximum absolute atomic E-state index is 12.5. The van der Waals surface area contributed by atoms with Crippen LogP contribution in [0.3, 0.4) is 0 Å². The molecule has 0 aliphatic carbocycles. The van der Waals surface area contributed by atoms with E-state index in [0.29, 0.717) is 31.9 Å². The Hall–Kier alpha value is -2.30. The van der Waals surface area contributed by atoms with Gasteiger partial charge < -0.3 is 20.1 Å². The minimum atomic E-state index is -4.21. The third-order valence-electron chi connectivity index (χ3n) is 4.39. The number of rotatable bonds is 8. The van der Waals surface area contributed by atoms with Gasteiger partial charge >= 0.3 is 12.8 Å². The average Bonchev–Trinajstić information content (AvgIpc) is 3.05. The molecule has 0 bridgehead atoms. The van der Waals surface area contributed by atoms with E-state index in [2.05, 4.69) is 20.4 Å². The maximum atomic E-state index is 12.5. The Labute approximate surface area is 166 Å². The quantitative estimate of drug-likeness (QED) is 0.382. The number of nitrogens with one attached hydrogen (secondary N) is 2. The van der Waals surface area contributed by atoms with Crippen molar-refractivity contribution in [3.8, 4) is 11.5 Å². The molecule has 0 spiro atoms. The summed E-state index contributed by atoms with van der Waals surface area (Å²) in [6, 6.07) is 4.64. The summed E-state index contributed by atoms with van der Waals surface area (Å²) in [5.41, 5.74) is 0.752. The van der Waals surface area contributed by atoms with Gasteiger partial charge in [-0.25, -0.2) is 0 Å². The molecule has 2 rings (SSSR count). The number of alkyl halides is 5. The molecule has 0 amide bonds. The van der Waals surface area contributed by atoms with E-state index in [1.807, 2.05) is 0 Å². The summed E-state index contributed by atoms with van der Waals surface area (Å²) >= 11 is 0. The predicted molar refractivity (Wildman–Crippen MR) is 98.7 cm³/mol. The number of ether oxygens (including phenoxy) is 2. The molecule has 2 N–H and O–H groups in total. The van der Waals surface area contributed by atoms with E-state index in [0.717, 1.165) is 5.56 Å². The van der Waals surface area contributed by atoms with Crippen LogP contribution in [0.15, 0.2) is 23.2 Å². The molecular weight excluding hydrogens is 399 g/mol. The smallest absolute Gasteiger partial charge is 0.401 e. The molecule has 0 saturated carbocycles. The number of guanidine groups is 1. The zero-order valence-electron chi connectivity index (χ0n) is 16.2. The minimum absolute atomic E-state index is 0.0433. The highest BCUT2D eigenvalue weighted by molar-refractivity contribution is 5.80. The summed E-state index contributed by atoms with van der Waals surface area (Å²) in [6.07, 6.45) is -3.13. The van der Waals surface area contributed by atoms with E-state index >= 15 is 0 Å². The second-order valence-electron chi connectivity index (χ2n) is 6.59. The van der Waals surface area contributed by atoms with Gasteiger partial charge in [-0.2, -0.15) is 22.0 Å². The van der Waals surface area contributed by atoms with Gasteiger partial charge in [-0.05, 0) is 30.5 Å². The van der Waals surface area contributed by atoms with Crippen molar-refractivity contribution < 1.29 is 31.4 Å². The molecule has 1 unspecified atom stereocenters. The SMILES string of the molecule is CN=C(NCCc1ccc(OC)c(OC(F)F)c1)NC1CCN(CC(F)(F)F)C1. The summed E-state index contributed by atoms with van der Waals surface area (Å²) in [5, 5.41) is 6.18. The van der Waals surface area contributed by atoms with E-state index in [-0.39, 0.29) is 24.1 Å². The van der Waals surface area contributed by atoms with Crippen molar-refractivity contribution in [3.05, 3.63) is 23.8 Å². The first kappa shape index (κ1) is 23.0. The third-order valence-corrected chi connectivity index (χ3v) is 4.39. The van der Waals surface area contributed by atoms with E-state index in [1.54, 1.807) is 19.2 Å². The Morgan fingerprint density at radius 3 is 2.69 bits per heavy atom. The fourth-order valence-corrected chi connectivity index (χ4v) is 3.13. The van der Waals surface area contributed by atoms with Crippen LogP contribution < -0.4 is 20.1 Å². The number of halogens is 5. The molecule has 29 heavy (non-hydrogen) atoms. The molecule has 0 radical (unpaired) electrons. The summed E-state index contributed by atoms with van der Waals surface area (Å²) in [6.45, 7) is -2.78. The molecule has 1 fully saturated rings. The molecule has 6 nitrogen and oxygen atoms in total. The number of methoxy groups -OCH3 is 1. The highest BCUT2D eigenvalue weighted by atomic mass is 19.4. The standard InChI is InChI=1S/C18H25F5N4O2/c1-24-17(26-13-6-8-27(10-13)11-18(21,22)23)25-7-5-12-3-4-14(28-2)15(9-12)29-16(19)20/h3-4,9,13,16H,5-8,10-11H2,1-2H3,(H2,24,25,26). The summed E-state index contributed by atoms with van der Waals surface area (Å²) < 4.78 is 71.9. The Bertz CT molecular complexity index is 685. The predicted octanol–water partition coefficient (Wildman–Crippen LogP) is 2.64. The summed E-state index contributed by atoms with van der Waals surface area (Å²) in [5.74, 6) is 0.642.